The second kappa shape index (κ2) is 7.50. The van der Waals surface area contributed by atoms with Crippen LogP contribution in [0.5, 0.6) is 5.88 Å². The molecular weight excluding hydrogens is 266 g/mol. The molecule has 1 heterocycles. The number of nitrogens with zero attached hydrogens (tertiary/aromatic N) is 2. The SMILES string of the molecule is CCOc1nc(N(CCO)Cc2ccccc2)ccc1N. The smallest absolute Gasteiger partial charge is 0.239 e. The van der Waals surface area contributed by atoms with E-state index >= 15 is 0 Å². The number of pyridine rings is 1. The highest BCUT2D eigenvalue weighted by Gasteiger charge is 2.11. The number of ether oxygens (including phenoxy) is 1. The van der Waals surface area contributed by atoms with Crippen molar-refractivity contribution in [1.29, 1.82) is 0 Å². The Morgan fingerprint density at radius 3 is 2.62 bits per heavy atom. The zero-order valence-electron chi connectivity index (χ0n) is 12.2. The van der Waals surface area contributed by atoms with Gasteiger partial charge >= 0.3 is 0 Å². The van der Waals surface area contributed by atoms with Crippen molar-refractivity contribution in [3.63, 3.8) is 0 Å². The summed E-state index contributed by atoms with van der Waals surface area (Å²) in [5, 5.41) is 9.28. The molecule has 112 valence electrons. The van der Waals surface area contributed by atoms with E-state index in [2.05, 4.69) is 4.98 Å². The molecule has 0 unspecified atom stereocenters. The first kappa shape index (κ1) is 15.1. The van der Waals surface area contributed by atoms with Crippen LogP contribution in [0, 0.1) is 0 Å². The first-order valence-corrected chi connectivity index (χ1v) is 7.03. The molecule has 0 aliphatic carbocycles. The van der Waals surface area contributed by atoms with Crippen LogP contribution < -0.4 is 15.4 Å². The number of aromatic nitrogens is 1. The van der Waals surface area contributed by atoms with Gasteiger partial charge in [-0.3, -0.25) is 0 Å². The average Bonchev–Trinajstić information content (AvgIpc) is 2.50. The summed E-state index contributed by atoms with van der Waals surface area (Å²) in [5.74, 6) is 1.18. The predicted molar refractivity (Wildman–Crippen MR) is 84.4 cm³/mol. The molecule has 0 saturated carbocycles. The van der Waals surface area contributed by atoms with Crippen LogP contribution in [0.2, 0.25) is 0 Å². The molecule has 0 amide bonds. The van der Waals surface area contributed by atoms with Gasteiger partial charge in [-0.2, -0.15) is 4.98 Å². The Kier molecular flexibility index (Phi) is 5.40. The van der Waals surface area contributed by atoms with Crippen molar-refractivity contribution in [2.75, 3.05) is 30.4 Å². The molecule has 0 fully saturated rings. The second-order valence-electron chi connectivity index (χ2n) is 4.63. The topological polar surface area (TPSA) is 71.6 Å². The summed E-state index contributed by atoms with van der Waals surface area (Å²) < 4.78 is 5.43. The lowest BCUT2D eigenvalue weighted by Gasteiger charge is -2.23. The van der Waals surface area contributed by atoms with E-state index in [0.717, 1.165) is 11.4 Å². The Bertz CT molecular complexity index is 561. The number of anilines is 2. The largest absolute Gasteiger partial charge is 0.476 e. The van der Waals surface area contributed by atoms with Crippen LogP contribution in [0.1, 0.15) is 12.5 Å². The van der Waals surface area contributed by atoms with Gasteiger partial charge < -0.3 is 20.5 Å². The third-order valence-corrected chi connectivity index (χ3v) is 3.07. The minimum Gasteiger partial charge on any atom is -0.476 e. The second-order valence-corrected chi connectivity index (χ2v) is 4.63. The van der Waals surface area contributed by atoms with E-state index in [1.807, 2.05) is 48.2 Å². The lowest BCUT2D eigenvalue weighted by Crippen LogP contribution is -2.27. The molecule has 1 aromatic carbocycles. The fourth-order valence-electron chi connectivity index (χ4n) is 2.07. The molecule has 21 heavy (non-hydrogen) atoms. The number of nitrogen functional groups attached to an aromatic ring is 1. The molecule has 0 radical (unpaired) electrons. The molecule has 0 aliphatic rings. The van der Waals surface area contributed by atoms with E-state index in [4.69, 9.17) is 10.5 Å². The monoisotopic (exact) mass is 287 g/mol. The van der Waals surface area contributed by atoms with Gasteiger partial charge in [-0.05, 0) is 24.6 Å². The van der Waals surface area contributed by atoms with Gasteiger partial charge in [0.05, 0.1) is 18.9 Å². The number of aliphatic hydroxyl groups is 1. The molecule has 0 bridgehead atoms. The average molecular weight is 287 g/mol. The number of nitrogens with two attached hydrogens (primary N) is 1. The van der Waals surface area contributed by atoms with Crippen LogP contribution in [0.4, 0.5) is 11.5 Å². The third kappa shape index (κ3) is 4.10. The zero-order chi connectivity index (χ0) is 15.1. The van der Waals surface area contributed by atoms with Gasteiger partial charge in [-0.25, -0.2) is 0 Å². The summed E-state index contributed by atoms with van der Waals surface area (Å²) in [4.78, 5) is 6.44. The molecule has 0 spiro atoms. The van der Waals surface area contributed by atoms with Gasteiger partial charge in [-0.1, -0.05) is 30.3 Å². The highest BCUT2D eigenvalue weighted by atomic mass is 16.5. The van der Waals surface area contributed by atoms with E-state index in [9.17, 15) is 5.11 Å². The number of aliphatic hydroxyl groups excluding tert-OH is 1. The third-order valence-electron chi connectivity index (χ3n) is 3.07. The lowest BCUT2D eigenvalue weighted by molar-refractivity contribution is 0.300. The van der Waals surface area contributed by atoms with E-state index in [1.165, 1.54) is 0 Å². The molecule has 0 aliphatic heterocycles. The molecule has 3 N–H and O–H groups in total. The van der Waals surface area contributed by atoms with E-state index in [0.29, 0.717) is 31.3 Å². The maximum absolute atomic E-state index is 9.28. The maximum atomic E-state index is 9.28. The minimum absolute atomic E-state index is 0.0584. The van der Waals surface area contributed by atoms with E-state index < -0.39 is 0 Å². The van der Waals surface area contributed by atoms with Gasteiger partial charge in [0.1, 0.15) is 5.82 Å². The van der Waals surface area contributed by atoms with Crippen molar-refractivity contribution in [2.45, 2.75) is 13.5 Å². The molecular formula is C16H21N3O2. The highest BCUT2D eigenvalue weighted by molar-refractivity contribution is 5.54. The number of rotatable bonds is 7. The number of hydrogen-bond donors (Lipinski definition) is 2. The first-order valence-electron chi connectivity index (χ1n) is 7.03. The van der Waals surface area contributed by atoms with Crippen LogP contribution in [-0.2, 0) is 6.54 Å². The summed E-state index contributed by atoms with van der Waals surface area (Å²) in [6, 6.07) is 13.7. The van der Waals surface area contributed by atoms with E-state index in [1.54, 1.807) is 6.07 Å². The summed E-state index contributed by atoms with van der Waals surface area (Å²) in [6.07, 6.45) is 0. The van der Waals surface area contributed by atoms with Crippen molar-refractivity contribution in [3.05, 3.63) is 48.0 Å². The Morgan fingerprint density at radius 2 is 1.95 bits per heavy atom. The van der Waals surface area contributed by atoms with Gasteiger partial charge in [-0.15, -0.1) is 0 Å². The molecule has 2 rings (SSSR count). The normalized spacial score (nSPS) is 10.4. The quantitative estimate of drug-likeness (QED) is 0.815. The van der Waals surface area contributed by atoms with Crippen LogP contribution in [0.3, 0.4) is 0 Å². The molecule has 1 aromatic heterocycles. The maximum Gasteiger partial charge on any atom is 0.239 e. The number of hydrogen-bond acceptors (Lipinski definition) is 5. The Labute approximate surface area is 125 Å². The van der Waals surface area contributed by atoms with Crippen molar-refractivity contribution < 1.29 is 9.84 Å². The minimum atomic E-state index is 0.0584. The van der Waals surface area contributed by atoms with Crippen molar-refractivity contribution in [1.82, 2.24) is 4.98 Å². The number of benzene rings is 1. The fraction of sp³-hybridized carbons (Fsp3) is 0.312. The van der Waals surface area contributed by atoms with Crippen LogP contribution in [0.25, 0.3) is 0 Å². The summed E-state index contributed by atoms with van der Waals surface area (Å²) in [5.41, 5.74) is 7.52. The summed E-state index contributed by atoms with van der Waals surface area (Å²) >= 11 is 0. The van der Waals surface area contributed by atoms with Gasteiger partial charge in [0.2, 0.25) is 5.88 Å². The fourth-order valence-corrected chi connectivity index (χ4v) is 2.07. The Hall–Kier alpha value is -2.27. The zero-order valence-corrected chi connectivity index (χ0v) is 12.2. The molecule has 0 atom stereocenters. The van der Waals surface area contributed by atoms with Crippen molar-refractivity contribution in [3.8, 4) is 5.88 Å². The predicted octanol–water partition coefficient (Wildman–Crippen LogP) is 2.06. The lowest BCUT2D eigenvalue weighted by atomic mass is 10.2. The molecule has 0 saturated heterocycles. The van der Waals surface area contributed by atoms with Crippen molar-refractivity contribution in [2.24, 2.45) is 0 Å². The van der Waals surface area contributed by atoms with Crippen LogP contribution in [-0.4, -0.2) is 29.8 Å². The Balaban J connectivity index is 2.23. The van der Waals surface area contributed by atoms with Gasteiger partial charge in [0.25, 0.3) is 0 Å². The van der Waals surface area contributed by atoms with Gasteiger partial charge in [0.15, 0.2) is 0 Å². The standard InChI is InChI=1S/C16H21N3O2/c1-2-21-16-14(17)8-9-15(18-16)19(10-11-20)12-13-6-4-3-5-7-13/h3-9,20H,2,10-12,17H2,1H3. The van der Waals surface area contributed by atoms with E-state index in [-0.39, 0.29) is 6.61 Å². The molecule has 5 nitrogen and oxygen atoms in total. The highest BCUT2D eigenvalue weighted by Crippen LogP contribution is 2.24. The summed E-state index contributed by atoms with van der Waals surface area (Å²) in [7, 11) is 0. The van der Waals surface area contributed by atoms with Crippen LogP contribution >= 0.6 is 0 Å². The molecule has 5 heteroatoms. The first-order chi connectivity index (χ1) is 10.2. The van der Waals surface area contributed by atoms with Crippen LogP contribution in [0.15, 0.2) is 42.5 Å². The Morgan fingerprint density at radius 1 is 1.19 bits per heavy atom. The van der Waals surface area contributed by atoms with Gasteiger partial charge in [0, 0.05) is 13.1 Å². The summed E-state index contributed by atoms with van der Waals surface area (Å²) in [6.45, 7) is 3.63. The molecule has 2 aromatic rings. The van der Waals surface area contributed by atoms with Crippen molar-refractivity contribution >= 4 is 11.5 Å².